The van der Waals surface area contributed by atoms with Crippen LogP contribution in [0.4, 0.5) is 5.69 Å². The number of carbonyl (C=O) groups excluding carboxylic acids is 1. The fourth-order valence-corrected chi connectivity index (χ4v) is 3.01. The first-order chi connectivity index (χ1) is 8.74. The van der Waals surface area contributed by atoms with E-state index < -0.39 is 0 Å². The minimum absolute atomic E-state index is 0.0858. The molecule has 2 nitrogen and oxygen atoms in total. The van der Waals surface area contributed by atoms with E-state index in [1.807, 2.05) is 49.4 Å². The molecule has 92 valence electrons. The molecule has 0 aliphatic carbocycles. The van der Waals surface area contributed by atoms with Gasteiger partial charge in [-0.15, -0.1) is 0 Å². The van der Waals surface area contributed by atoms with Crippen LogP contribution in [0.5, 0.6) is 0 Å². The molecule has 0 atom stereocenters. The Morgan fingerprint density at radius 2 is 1.72 bits per heavy atom. The second-order valence-electron chi connectivity index (χ2n) is 4.02. The summed E-state index contributed by atoms with van der Waals surface area (Å²) < 4.78 is 1.25. The quantitative estimate of drug-likeness (QED) is 0.863. The molecule has 0 radical (unpaired) electrons. The maximum atomic E-state index is 11.8. The summed E-state index contributed by atoms with van der Waals surface area (Å²) in [6.45, 7) is 2.03. The molecule has 2 aromatic carbocycles. The van der Waals surface area contributed by atoms with Crippen molar-refractivity contribution in [1.82, 2.24) is 0 Å². The molecule has 0 fully saturated rings. The zero-order chi connectivity index (χ0) is 12.8. The summed E-state index contributed by atoms with van der Waals surface area (Å²) in [5, 5.41) is 3.49. The van der Waals surface area contributed by atoms with Crippen LogP contribution < -0.4 is 9.78 Å². The fourth-order valence-electron chi connectivity index (χ4n) is 1.50. The van der Waals surface area contributed by atoms with Gasteiger partial charge in [0.15, 0.2) is 0 Å². The van der Waals surface area contributed by atoms with E-state index in [1.165, 1.54) is 10.0 Å². The first-order valence-corrected chi connectivity index (χ1v) is 7.85. The molecule has 0 bridgehead atoms. The van der Waals surface area contributed by atoms with E-state index in [0.29, 0.717) is 5.32 Å². The third kappa shape index (κ3) is 4.02. The Hall–Kier alpha value is -1.57. The molecule has 0 aliphatic rings. The zero-order valence-electron chi connectivity index (χ0n) is 10.2. The molecule has 0 saturated heterocycles. The van der Waals surface area contributed by atoms with E-state index in [-0.39, 0.29) is 20.9 Å². The second kappa shape index (κ2) is 6.39. The summed E-state index contributed by atoms with van der Waals surface area (Å²) in [7, 11) is 0. The van der Waals surface area contributed by atoms with E-state index in [4.69, 9.17) is 0 Å². The van der Waals surface area contributed by atoms with Gasteiger partial charge in [0.25, 0.3) is 0 Å². The molecule has 0 aliphatic heterocycles. The van der Waals surface area contributed by atoms with Crippen LogP contribution in [-0.2, 0) is 4.79 Å². The van der Waals surface area contributed by atoms with Crippen molar-refractivity contribution in [3.63, 3.8) is 0 Å². The number of aryl methyl sites for hydroxylation is 1. The van der Waals surface area contributed by atoms with E-state index in [0.717, 1.165) is 5.69 Å². The van der Waals surface area contributed by atoms with Gasteiger partial charge in [0.2, 0.25) is 0 Å². The Kier molecular flexibility index (Phi) is 4.57. The summed E-state index contributed by atoms with van der Waals surface area (Å²) in [4.78, 5) is 11.8. The van der Waals surface area contributed by atoms with Gasteiger partial charge in [0.1, 0.15) is 0 Å². The van der Waals surface area contributed by atoms with E-state index in [1.54, 1.807) is 0 Å². The van der Waals surface area contributed by atoms with Gasteiger partial charge >= 0.3 is 114 Å². The van der Waals surface area contributed by atoms with Crippen molar-refractivity contribution >= 4 is 31.0 Å². The van der Waals surface area contributed by atoms with Gasteiger partial charge in [-0.2, -0.15) is 0 Å². The van der Waals surface area contributed by atoms with E-state index in [9.17, 15) is 4.79 Å². The molecular weight excluding hydrogens is 289 g/mol. The zero-order valence-corrected chi connectivity index (χ0v) is 11.9. The van der Waals surface area contributed by atoms with Crippen molar-refractivity contribution in [2.75, 3.05) is 5.32 Å². The molecule has 2 aromatic rings. The first kappa shape index (κ1) is 12.9. The molecule has 2 rings (SSSR count). The van der Waals surface area contributed by atoms with Crippen LogP contribution in [0.3, 0.4) is 0 Å². The van der Waals surface area contributed by atoms with Gasteiger partial charge in [-0.3, -0.25) is 0 Å². The summed E-state index contributed by atoms with van der Waals surface area (Å²) in [5.74, 6) is 0.0858. The monoisotopic (exact) mass is 305 g/mol. The van der Waals surface area contributed by atoms with Gasteiger partial charge in [0.05, 0.1) is 0 Å². The summed E-state index contributed by atoms with van der Waals surface area (Å²) in [6, 6.07) is 18.0. The van der Waals surface area contributed by atoms with Gasteiger partial charge in [-0.05, 0) is 0 Å². The van der Waals surface area contributed by atoms with E-state index >= 15 is 0 Å². The fraction of sp³-hybridized carbons (Fsp3) is 0.133. The van der Waals surface area contributed by atoms with Crippen LogP contribution in [-0.4, -0.2) is 20.9 Å². The SMILES string of the molecule is Cc1ccc(NC(=O)C[Se]c2ccccc2)cc1. The third-order valence-electron chi connectivity index (χ3n) is 2.45. The van der Waals surface area contributed by atoms with Crippen molar-refractivity contribution < 1.29 is 4.79 Å². The topological polar surface area (TPSA) is 29.1 Å². The average Bonchev–Trinajstić information content (AvgIpc) is 2.40. The van der Waals surface area contributed by atoms with Crippen molar-refractivity contribution in [3.05, 3.63) is 60.2 Å². The molecule has 0 saturated carbocycles. The summed E-state index contributed by atoms with van der Waals surface area (Å²) in [6.07, 6.45) is 0. The van der Waals surface area contributed by atoms with Gasteiger partial charge in [0, 0.05) is 0 Å². The number of anilines is 1. The predicted molar refractivity (Wildman–Crippen MR) is 76.4 cm³/mol. The number of benzene rings is 2. The average molecular weight is 304 g/mol. The van der Waals surface area contributed by atoms with Crippen LogP contribution >= 0.6 is 0 Å². The summed E-state index contributed by atoms with van der Waals surface area (Å²) in [5.41, 5.74) is 2.07. The van der Waals surface area contributed by atoms with Crippen LogP contribution in [0.2, 0.25) is 5.32 Å². The molecule has 18 heavy (non-hydrogen) atoms. The number of nitrogens with one attached hydrogen (secondary N) is 1. The van der Waals surface area contributed by atoms with Crippen molar-refractivity contribution in [1.29, 1.82) is 0 Å². The first-order valence-electron chi connectivity index (χ1n) is 5.78. The Balaban J connectivity index is 1.84. The number of hydrogen-bond donors (Lipinski definition) is 1. The third-order valence-corrected chi connectivity index (χ3v) is 4.57. The molecule has 3 heteroatoms. The van der Waals surface area contributed by atoms with Crippen molar-refractivity contribution in [3.8, 4) is 0 Å². The number of carbonyl (C=O) groups is 1. The van der Waals surface area contributed by atoms with Crippen LogP contribution in [0.1, 0.15) is 5.56 Å². The summed E-state index contributed by atoms with van der Waals surface area (Å²) >= 11 is 0.204. The Labute approximate surface area is 114 Å². The Morgan fingerprint density at radius 1 is 1.06 bits per heavy atom. The molecule has 0 heterocycles. The number of rotatable bonds is 4. The molecule has 0 spiro atoms. The number of hydrogen-bond acceptors (Lipinski definition) is 1. The molecule has 1 N–H and O–H groups in total. The van der Waals surface area contributed by atoms with Crippen LogP contribution in [0, 0.1) is 6.92 Å². The molecular formula is C15H15NOSe. The van der Waals surface area contributed by atoms with Crippen LogP contribution in [0.15, 0.2) is 54.6 Å². The minimum atomic E-state index is 0.0858. The Bertz CT molecular complexity index is 508. The van der Waals surface area contributed by atoms with Gasteiger partial charge in [-0.1, -0.05) is 0 Å². The van der Waals surface area contributed by atoms with Crippen molar-refractivity contribution in [2.24, 2.45) is 0 Å². The normalized spacial score (nSPS) is 10.1. The number of amides is 1. The predicted octanol–water partition coefficient (Wildman–Crippen LogP) is 2.38. The molecule has 0 unspecified atom stereocenters. The van der Waals surface area contributed by atoms with Crippen molar-refractivity contribution in [2.45, 2.75) is 12.2 Å². The van der Waals surface area contributed by atoms with Crippen LogP contribution in [0.25, 0.3) is 0 Å². The standard InChI is InChI=1S/C15H15NOSe/c1-12-7-9-13(10-8-12)16-15(17)11-18-14-5-3-2-4-6-14/h2-10H,11H2,1H3,(H,16,17). The van der Waals surface area contributed by atoms with E-state index in [2.05, 4.69) is 17.4 Å². The van der Waals surface area contributed by atoms with Gasteiger partial charge < -0.3 is 0 Å². The maximum absolute atomic E-state index is 11.8. The second-order valence-corrected chi connectivity index (χ2v) is 6.22. The Morgan fingerprint density at radius 3 is 2.39 bits per heavy atom. The van der Waals surface area contributed by atoms with Gasteiger partial charge in [-0.25, -0.2) is 0 Å². The molecule has 0 aromatic heterocycles. The molecule has 1 amide bonds.